The van der Waals surface area contributed by atoms with E-state index in [1.165, 1.54) is 5.56 Å². The SMILES string of the molecule is CCN(CC)C(CNC(=NC)NCCCOC)c1ccsc1.I. The molecule has 134 valence electrons. The van der Waals surface area contributed by atoms with Gasteiger partial charge in [-0.1, -0.05) is 13.8 Å². The molecule has 7 heteroatoms. The number of thiophene rings is 1. The third-order valence-electron chi connectivity index (χ3n) is 3.69. The van der Waals surface area contributed by atoms with Crippen molar-refractivity contribution in [2.24, 2.45) is 4.99 Å². The zero-order chi connectivity index (χ0) is 16.2. The molecule has 1 unspecified atom stereocenters. The summed E-state index contributed by atoms with van der Waals surface area (Å²) in [6.45, 7) is 8.98. The molecule has 0 spiro atoms. The molecule has 1 rings (SSSR count). The lowest BCUT2D eigenvalue weighted by Crippen LogP contribution is -2.43. The third-order valence-corrected chi connectivity index (χ3v) is 4.39. The van der Waals surface area contributed by atoms with Crippen LogP contribution >= 0.6 is 35.3 Å². The van der Waals surface area contributed by atoms with Gasteiger partial charge in [0.15, 0.2) is 5.96 Å². The number of hydrogen-bond donors (Lipinski definition) is 2. The minimum Gasteiger partial charge on any atom is -0.385 e. The Morgan fingerprint density at radius 3 is 2.61 bits per heavy atom. The Kier molecular flexibility index (Phi) is 13.8. The lowest BCUT2D eigenvalue weighted by Gasteiger charge is -2.30. The highest BCUT2D eigenvalue weighted by Gasteiger charge is 2.18. The van der Waals surface area contributed by atoms with Crippen LogP contribution in [0.15, 0.2) is 21.8 Å². The topological polar surface area (TPSA) is 48.9 Å². The molecule has 0 bridgehead atoms. The van der Waals surface area contributed by atoms with E-state index in [1.54, 1.807) is 18.4 Å². The first kappa shape index (κ1) is 22.6. The molecule has 0 saturated carbocycles. The summed E-state index contributed by atoms with van der Waals surface area (Å²) in [6.07, 6.45) is 0.973. The summed E-state index contributed by atoms with van der Waals surface area (Å²) < 4.78 is 5.06. The average molecular weight is 454 g/mol. The largest absolute Gasteiger partial charge is 0.385 e. The van der Waals surface area contributed by atoms with Gasteiger partial charge in [0.25, 0.3) is 0 Å². The maximum absolute atomic E-state index is 5.06. The van der Waals surface area contributed by atoms with Crippen molar-refractivity contribution in [3.05, 3.63) is 22.4 Å². The van der Waals surface area contributed by atoms with Crippen molar-refractivity contribution >= 4 is 41.3 Å². The monoisotopic (exact) mass is 454 g/mol. The van der Waals surface area contributed by atoms with Gasteiger partial charge in [0, 0.05) is 33.9 Å². The standard InChI is InChI=1S/C16H30N4OS.HI/c1-5-20(6-2)15(14-8-11-22-13-14)12-19-16(17-3)18-9-7-10-21-4;/h8,11,13,15H,5-7,9-10,12H2,1-4H3,(H2,17,18,19);1H. The zero-order valence-electron chi connectivity index (χ0n) is 14.7. The molecular formula is C16H31IN4OS. The number of nitrogens with one attached hydrogen (secondary N) is 2. The smallest absolute Gasteiger partial charge is 0.191 e. The van der Waals surface area contributed by atoms with Crippen LogP contribution < -0.4 is 10.6 Å². The number of hydrogen-bond acceptors (Lipinski definition) is 4. The van der Waals surface area contributed by atoms with E-state index in [4.69, 9.17) is 4.74 Å². The number of halogens is 1. The predicted octanol–water partition coefficient (Wildman–Crippen LogP) is 2.95. The Bertz CT molecular complexity index is 410. The number of rotatable bonds is 10. The zero-order valence-corrected chi connectivity index (χ0v) is 17.8. The lowest BCUT2D eigenvalue weighted by atomic mass is 10.1. The van der Waals surface area contributed by atoms with Crippen LogP contribution in [-0.4, -0.2) is 57.8 Å². The van der Waals surface area contributed by atoms with Crippen molar-refractivity contribution in [2.45, 2.75) is 26.3 Å². The molecule has 1 atom stereocenters. The molecule has 1 aromatic heterocycles. The molecule has 0 aliphatic heterocycles. The highest BCUT2D eigenvalue weighted by molar-refractivity contribution is 14.0. The molecule has 0 aromatic carbocycles. The number of ether oxygens (including phenoxy) is 1. The quantitative estimate of drug-likeness (QED) is 0.247. The van der Waals surface area contributed by atoms with Crippen LogP contribution in [-0.2, 0) is 4.74 Å². The van der Waals surface area contributed by atoms with Gasteiger partial charge >= 0.3 is 0 Å². The number of likely N-dealkylation sites (N-methyl/N-ethyl adjacent to an activating group) is 1. The van der Waals surface area contributed by atoms with Crippen LogP contribution in [0.4, 0.5) is 0 Å². The summed E-state index contributed by atoms with van der Waals surface area (Å²) in [4.78, 5) is 6.75. The molecule has 2 N–H and O–H groups in total. The summed E-state index contributed by atoms with van der Waals surface area (Å²) in [5.74, 6) is 0.850. The highest BCUT2D eigenvalue weighted by Crippen LogP contribution is 2.22. The van der Waals surface area contributed by atoms with Gasteiger partial charge in [-0.25, -0.2) is 0 Å². The first-order valence-electron chi connectivity index (χ1n) is 7.96. The van der Waals surface area contributed by atoms with Gasteiger partial charge in [0.2, 0.25) is 0 Å². The molecule has 5 nitrogen and oxygen atoms in total. The molecule has 0 saturated heterocycles. The molecule has 0 aliphatic carbocycles. The van der Waals surface area contributed by atoms with Crippen LogP contribution in [0.2, 0.25) is 0 Å². The summed E-state index contributed by atoms with van der Waals surface area (Å²) in [7, 11) is 3.53. The second kappa shape index (κ2) is 14.0. The number of aliphatic imine (C=N–C) groups is 1. The van der Waals surface area contributed by atoms with Gasteiger partial charge in [0.1, 0.15) is 0 Å². The van der Waals surface area contributed by atoms with Crippen molar-refractivity contribution in [3.8, 4) is 0 Å². The predicted molar refractivity (Wildman–Crippen MR) is 111 cm³/mol. The Morgan fingerprint density at radius 1 is 1.35 bits per heavy atom. The van der Waals surface area contributed by atoms with Gasteiger partial charge < -0.3 is 15.4 Å². The van der Waals surface area contributed by atoms with Crippen LogP contribution in [0.3, 0.4) is 0 Å². The maximum Gasteiger partial charge on any atom is 0.191 e. The summed E-state index contributed by atoms with van der Waals surface area (Å²) >= 11 is 1.75. The van der Waals surface area contributed by atoms with Gasteiger partial charge in [-0.2, -0.15) is 11.3 Å². The minimum absolute atomic E-state index is 0. The second-order valence-electron chi connectivity index (χ2n) is 5.02. The van der Waals surface area contributed by atoms with Gasteiger partial charge in [-0.3, -0.25) is 9.89 Å². The van der Waals surface area contributed by atoms with E-state index in [9.17, 15) is 0 Å². The Morgan fingerprint density at radius 2 is 2.09 bits per heavy atom. The van der Waals surface area contributed by atoms with Crippen molar-refractivity contribution in [2.75, 3.05) is 46.9 Å². The van der Waals surface area contributed by atoms with Crippen molar-refractivity contribution < 1.29 is 4.74 Å². The van der Waals surface area contributed by atoms with Crippen LogP contribution in [0.1, 0.15) is 31.9 Å². The van der Waals surface area contributed by atoms with E-state index >= 15 is 0 Å². The van der Waals surface area contributed by atoms with E-state index in [-0.39, 0.29) is 24.0 Å². The van der Waals surface area contributed by atoms with Crippen LogP contribution in [0.25, 0.3) is 0 Å². The Hall–Kier alpha value is -0.380. The van der Waals surface area contributed by atoms with Crippen LogP contribution in [0.5, 0.6) is 0 Å². The molecule has 0 radical (unpaired) electrons. The number of methoxy groups -OCH3 is 1. The molecule has 1 aromatic rings. The molecule has 1 heterocycles. The second-order valence-corrected chi connectivity index (χ2v) is 5.80. The van der Waals surface area contributed by atoms with E-state index in [1.807, 2.05) is 7.05 Å². The van der Waals surface area contributed by atoms with Gasteiger partial charge in [-0.05, 0) is 41.9 Å². The van der Waals surface area contributed by atoms with Crippen molar-refractivity contribution in [1.29, 1.82) is 0 Å². The molecule has 23 heavy (non-hydrogen) atoms. The molecular weight excluding hydrogens is 423 g/mol. The summed E-state index contributed by atoms with van der Waals surface area (Å²) in [5.41, 5.74) is 1.37. The molecule has 0 fully saturated rings. The highest BCUT2D eigenvalue weighted by atomic mass is 127. The normalized spacial score (nSPS) is 12.8. The summed E-state index contributed by atoms with van der Waals surface area (Å²) in [6, 6.07) is 2.59. The lowest BCUT2D eigenvalue weighted by molar-refractivity contribution is 0.195. The van der Waals surface area contributed by atoms with Crippen LogP contribution in [0, 0.1) is 0 Å². The molecule has 0 amide bonds. The fraction of sp³-hybridized carbons (Fsp3) is 0.688. The minimum atomic E-state index is 0. The van der Waals surface area contributed by atoms with E-state index < -0.39 is 0 Å². The van der Waals surface area contributed by atoms with E-state index in [0.717, 1.165) is 45.2 Å². The van der Waals surface area contributed by atoms with Gasteiger partial charge in [0.05, 0.1) is 6.04 Å². The molecule has 0 aliphatic rings. The number of nitrogens with zero attached hydrogens (tertiary/aromatic N) is 2. The average Bonchev–Trinajstić information content (AvgIpc) is 3.07. The summed E-state index contributed by atoms with van der Waals surface area (Å²) in [5, 5.41) is 11.1. The maximum atomic E-state index is 5.06. The first-order valence-corrected chi connectivity index (χ1v) is 8.90. The number of guanidine groups is 1. The first-order chi connectivity index (χ1) is 10.8. The fourth-order valence-electron chi connectivity index (χ4n) is 2.42. The Labute approximate surface area is 161 Å². The third kappa shape index (κ3) is 8.32. The Balaban J connectivity index is 0.00000484. The van der Waals surface area contributed by atoms with E-state index in [2.05, 4.69) is 51.2 Å². The fourth-order valence-corrected chi connectivity index (χ4v) is 3.13. The van der Waals surface area contributed by atoms with Crippen molar-refractivity contribution in [3.63, 3.8) is 0 Å². The van der Waals surface area contributed by atoms with Gasteiger partial charge in [-0.15, -0.1) is 24.0 Å². The van der Waals surface area contributed by atoms with E-state index in [0.29, 0.717) is 6.04 Å². The van der Waals surface area contributed by atoms with Crippen molar-refractivity contribution in [1.82, 2.24) is 15.5 Å².